The minimum absolute atomic E-state index is 0.0512. The second-order valence-corrected chi connectivity index (χ2v) is 7.07. The van der Waals surface area contributed by atoms with Crippen molar-refractivity contribution in [2.24, 2.45) is 0 Å². The fourth-order valence-electron chi connectivity index (χ4n) is 2.26. The van der Waals surface area contributed by atoms with Crippen molar-refractivity contribution in [2.45, 2.75) is 9.37 Å². The van der Waals surface area contributed by atoms with E-state index in [1.165, 1.54) is 21.9 Å². The average Bonchev–Trinajstić information content (AvgIpc) is 2.97. The van der Waals surface area contributed by atoms with Gasteiger partial charge in [0.25, 0.3) is 0 Å². The van der Waals surface area contributed by atoms with Crippen LogP contribution in [0.5, 0.6) is 0 Å². The van der Waals surface area contributed by atoms with Gasteiger partial charge in [-0.2, -0.15) is 0 Å². The molecule has 0 fully saturated rings. The highest BCUT2D eigenvalue weighted by atomic mass is 32.2. The van der Waals surface area contributed by atoms with E-state index in [9.17, 15) is 14.9 Å². The third-order valence-electron chi connectivity index (χ3n) is 3.32. The fourth-order valence-corrected chi connectivity index (χ4v) is 4.34. The molecule has 0 atom stereocenters. The first-order valence-electron chi connectivity index (χ1n) is 6.83. The van der Waals surface area contributed by atoms with E-state index in [0.717, 1.165) is 22.0 Å². The highest BCUT2D eigenvalue weighted by Crippen LogP contribution is 2.36. The summed E-state index contributed by atoms with van der Waals surface area (Å²) < 4.78 is 2.74. The zero-order valence-corrected chi connectivity index (χ0v) is 13.6. The molecule has 0 radical (unpaired) electrons. The Balaban J connectivity index is 1.90. The smallest absolute Gasteiger partial charge is 0.262 e. The molecule has 24 heavy (non-hydrogen) atoms. The maximum atomic E-state index is 12.4. The average molecular weight is 356 g/mol. The highest BCUT2D eigenvalue weighted by molar-refractivity contribution is 8.01. The predicted molar refractivity (Wildman–Crippen MR) is 91.9 cm³/mol. The molecule has 1 aromatic carbocycles. The Morgan fingerprint density at radius 2 is 1.92 bits per heavy atom. The Morgan fingerprint density at radius 1 is 1.12 bits per heavy atom. The van der Waals surface area contributed by atoms with Crippen LogP contribution in [0.25, 0.3) is 15.9 Å². The molecule has 0 aliphatic heterocycles. The van der Waals surface area contributed by atoms with Crippen LogP contribution in [-0.2, 0) is 0 Å². The Kier molecular flexibility index (Phi) is 3.51. The van der Waals surface area contributed by atoms with Gasteiger partial charge in [-0.3, -0.25) is 19.3 Å². The zero-order valence-electron chi connectivity index (χ0n) is 11.9. The first-order valence-corrected chi connectivity index (χ1v) is 8.46. The van der Waals surface area contributed by atoms with Gasteiger partial charge in [0.2, 0.25) is 0 Å². The lowest BCUT2D eigenvalue weighted by Crippen LogP contribution is -2.19. The summed E-state index contributed by atoms with van der Waals surface area (Å²) in [6, 6.07) is 12.5. The van der Waals surface area contributed by atoms with Crippen molar-refractivity contribution >= 4 is 44.6 Å². The van der Waals surface area contributed by atoms with Gasteiger partial charge in [0.15, 0.2) is 9.37 Å². The van der Waals surface area contributed by atoms with Gasteiger partial charge in [-0.05, 0) is 36.0 Å². The minimum Gasteiger partial charge on any atom is -0.262 e. The van der Waals surface area contributed by atoms with Crippen molar-refractivity contribution in [2.75, 3.05) is 0 Å². The van der Waals surface area contributed by atoms with E-state index < -0.39 is 16.2 Å². The topological polar surface area (TPSA) is 90.4 Å². The predicted octanol–water partition coefficient (Wildman–Crippen LogP) is 3.36. The number of thiazole rings is 1. The monoisotopic (exact) mass is 356 g/mol. The molecule has 0 saturated heterocycles. The van der Waals surface area contributed by atoms with Crippen LogP contribution < -0.4 is 5.56 Å². The van der Waals surface area contributed by atoms with Gasteiger partial charge in [0.05, 0.1) is 15.1 Å². The molecule has 0 amide bonds. The van der Waals surface area contributed by atoms with Crippen LogP contribution in [0.3, 0.4) is 0 Å². The number of fused-ring (bicyclic) bond motifs is 2. The summed E-state index contributed by atoms with van der Waals surface area (Å²) >= 11 is 2.44. The first kappa shape index (κ1) is 14.8. The van der Waals surface area contributed by atoms with Gasteiger partial charge in [-0.15, -0.1) is 11.3 Å². The summed E-state index contributed by atoms with van der Waals surface area (Å²) in [5, 5.41) is 11.4. The van der Waals surface area contributed by atoms with Gasteiger partial charge >= 0.3 is 11.2 Å². The Bertz CT molecular complexity index is 1120. The molecule has 0 aliphatic rings. The maximum absolute atomic E-state index is 12.4. The minimum atomic E-state index is -0.700. The van der Waals surface area contributed by atoms with Gasteiger partial charge in [0, 0.05) is 6.20 Å². The standard InChI is InChI=1S/C15H8N4O3S2/c20-14-12(19(21)22)13(17-11-7-3-4-8-18(11)14)24-15-16-9-5-1-2-6-10(9)23-15/h1-8H. The van der Waals surface area contributed by atoms with Gasteiger partial charge in [-0.1, -0.05) is 18.2 Å². The van der Waals surface area contributed by atoms with E-state index in [0.29, 0.717) is 9.99 Å². The summed E-state index contributed by atoms with van der Waals surface area (Å²) in [5.74, 6) is 0. The van der Waals surface area contributed by atoms with Gasteiger partial charge < -0.3 is 0 Å². The summed E-state index contributed by atoms with van der Waals surface area (Å²) in [7, 11) is 0. The molecule has 7 nitrogen and oxygen atoms in total. The highest BCUT2D eigenvalue weighted by Gasteiger charge is 2.25. The van der Waals surface area contributed by atoms with E-state index in [1.807, 2.05) is 24.3 Å². The van der Waals surface area contributed by atoms with Crippen molar-refractivity contribution in [3.63, 3.8) is 0 Å². The number of rotatable bonds is 3. The third-order valence-corrected chi connectivity index (χ3v) is 5.39. The van der Waals surface area contributed by atoms with Crippen molar-refractivity contribution < 1.29 is 4.92 Å². The molecule has 3 heterocycles. The van der Waals surface area contributed by atoms with Crippen molar-refractivity contribution in [3.8, 4) is 0 Å². The maximum Gasteiger partial charge on any atom is 0.366 e. The Morgan fingerprint density at radius 3 is 2.71 bits per heavy atom. The van der Waals surface area contributed by atoms with Crippen LogP contribution in [0.1, 0.15) is 0 Å². The molecule has 3 aromatic heterocycles. The number of nitrogens with zero attached hydrogens (tertiary/aromatic N) is 4. The van der Waals surface area contributed by atoms with Crippen LogP contribution in [0, 0.1) is 10.1 Å². The Labute approximate surface area is 142 Å². The molecular weight excluding hydrogens is 348 g/mol. The molecule has 4 aromatic rings. The summed E-state index contributed by atoms with van der Waals surface area (Å²) in [5.41, 5.74) is -0.0703. The number of nitro groups is 1. The van der Waals surface area contributed by atoms with Gasteiger partial charge in [-0.25, -0.2) is 9.97 Å². The lowest BCUT2D eigenvalue weighted by Gasteiger charge is -2.03. The Hall–Kier alpha value is -2.78. The molecule has 4 rings (SSSR count). The lowest BCUT2D eigenvalue weighted by molar-refractivity contribution is -0.389. The van der Waals surface area contributed by atoms with E-state index in [2.05, 4.69) is 9.97 Å². The van der Waals surface area contributed by atoms with Gasteiger partial charge in [0.1, 0.15) is 5.65 Å². The normalized spacial score (nSPS) is 11.2. The second-order valence-electron chi connectivity index (χ2n) is 4.81. The molecule has 0 bridgehead atoms. The van der Waals surface area contributed by atoms with E-state index in [4.69, 9.17) is 0 Å². The number of para-hydroxylation sites is 1. The number of hydrogen-bond donors (Lipinski definition) is 0. The van der Waals surface area contributed by atoms with Crippen LogP contribution >= 0.6 is 23.1 Å². The number of pyridine rings is 1. The molecule has 0 aliphatic carbocycles. The molecule has 0 unspecified atom stereocenters. The van der Waals surface area contributed by atoms with E-state index >= 15 is 0 Å². The number of benzene rings is 1. The fraction of sp³-hybridized carbons (Fsp3) is 0. The third kappa shape index (κ3) is 2.43. The van der Waals surface area contributed by atoms with Crippen LogP contribution in [0.2, 0.25) is 0 Å². The molecule has 0 saturated carbocycles. The largest absolute Gasteiger partial charge is 0.366 e. The van der Waals surface area contributed by atoms with E-state index in [-0.39, 0.29) is 5.03 Å². The van der Waals surface area contributed by atoms with Crippen LogP contribution in [0.15, 0.2) is 62.8 Å². The second kappa shape index (κ2) is 5.69. The summed E-state index contributed by atoms with van der Waals surface area (Å²) in [6.45, 7) is 0. The number of aromatic nitrogens is 3. The van der Waals surface area contributed by atoms with Crippen molar-refractivity contribution in [1.82, 2.24) is 14.4 Å². The summed E-state index contributed by atoms with van der Waals surface area (Å²) in [4.78, 5) is 31.8. The SMILES string of the molecule is O=c1c([N+](=O)[O-])c(Sc2nc3ccccc3s2)nc2ccccn12. The first-order chi connectivity index (χ1) is 11.6. The lowest BCUT2D eigenvalue weighted by atomic mass is 10.3. The molecule has 0 spiro atoms. The quantitative estimate of drug-likeness (QED) is 0.318. The zero-order chi connectivity index (χ0) is 16.7. The van der Waals surface area contributed by atoms with Crippen molar-refractivity contribution in [1.29, 1.82) is 0 Å². The van der Waals surface area contributed by atoms with Crippen LogP contribution in [-0.4, -0.2) is 19.3 Å². The molecule has 9 heteroatoms. The summed E-state index contributed by atoms with van der Waals surface area (Å²) in [6.07, 6.45) is 1.46. The molecular formula is C15H8N4O3S2. The van der Waals surface area contributed by atoms with Crippen molar-refractivity contribution in [3.05, 3.63) is 69.1 Å². The van der Waals surface area contributed by atoms with E-state index in [1.54, 1.807) is 18.2 Å². The molecule has 118 valence electrons. The molecule has 0 N–H and O–H groups in total. The number of hydrogen-bond acceptors (Lipinski definition) is 7. The van der Waals surface area contributed by atoms with Crippen LogP contribution in [0.4, 0.5) is 5.69 Å².